The molecule has 2 aliphatic heterocycles. The lowest BCUT2D eigenvalue weighted by Gasteiger charge is -2.20. The highest BCUT2D eigenvalue weighted by Crippen LogP contribution is 2.24. The van der Waals surface area contributed by atoms with Crippen LogP contribution in [0.3, 0.4) is 0 Å². The number of esters is 1. The molecule has 2 aliphatic rings. The van der Waals surface area contributed by atoms with Crippen LogP contribution in [0.2, 0.25) is 0 Å². The quantitative estimate of drug-likeness (QED) is 0.770. The molecule has 0 radical (unpaired) electrons. The van der Waals surface area contributed by atoms with Crippen LogP contribution in [0.1, 0.15) is 6.92 Å². The van der Waals surface area contributed by atoms with Gasteiger partial charge in [-0.1, -0.05) is 0 Å². The van der Waals surface area contributed by atoms with E-state index in [1.165, 1.54) is 23.4 Å². The number of nitrogens with zero attached hydrogens (tertiary/aromatic N) is 1. The second-order valence-electron chi connectivity index (χ2n) is 3.53. The summed E-state index contributed by atoms with van der Waals surface area (Å²) in [6.07, 6.45) is 4.27. The van der Waals surface area contributed by atoms with Crippen molar-refractivity contribution in [3.05, 3.63) is 35.4 Å². The van der Waals surface area contributed by atoms with Gasteiger partial charge in [-0.25, -0.2) is 10.2 Å². The number of nitrogens with one attached hydrogen (secondary N) is 1. The Labute approximate surface area is 102 Å². The summed E-state index contributed by atoms with van der Waals surface area (Å²) in [5.41, 5.74) is 3.89. The Bertz CT molecular complexity index is 444. The molecule has 2 heterocycles. The average molecular weight is 258 g/mol. The fraction of sp³-hybridized carbons (Fsp3) is 0.364. The van der Waals surface area contributed by atoms with Crippen LogP contribution in [-0.4, -0.2) is 30.7 Å². The molecule has 5 nitrogen and oxygen atoms in total. The van der Waals surface area contributed by atoms with E-state index in [9.17, 15) is 13.6 Å². The van der Waals surface area contributed by atoms with E-state index in [0.717, 1.165) is 0 Å². The van der Waals surface area contributed by atoms with Gasteiger partial charge >= 0.3 is 12.6 Å². The molecule has 0 bridgehead atoms. The molecule has 0 aromatic carbocycles. The van der Waals surface area contributed by atoms with Gasteiger partial charge in [-0.15, -0.1) is 0 Å². The van der Waals surface area contributed by atoms with Gasteiger partial charge in [0.15, 0.2) is 0 Å². The fourth-order valence-corrected chi connectivity index (χ4v) is 1.68. The van der Waals surface area contributed by atoms with Crippen molar-refractivity contribution in [2.75, 3.05) is 13.2 Å². The van der Waals surface area contributed by atoms with Gasteiger partial charge in [-0.2, -0.15) is 8.78 Å². The van der Waals surface area contributed by atoms with Crippen LogP contribution in [0.25, 0.3) is 0 Å². The molecule has 0 fully saturated rings. The van der Waals surface area contributed by atoms with Gasteiger partial charge in [-0.3, -0.25) is 5.01 Å². The van der Waals surface area contributed by atoms with Crippen LogP contribution in [0.5, 0.6) is 0 Å². The van der Waals surface area contributed by atoms with Crippen molar-refractivity contribution in [1.82, 2.24) is 10.4 Å². The van der Waals surface area contributed by atoms with E-state index in [-0.39, 0.29) is 18.9 Å². The van der Waals surface area contributed by atoms with Gasteiger partial charge in [-0.05, 0) is 19.1 Å². The summed E-state index contributed by atoms with van der Waals surface area (Å²) in [7, 11) is 0. The van der Waals surface area contributed by atoms with Crippen molar-refractivity contribution >= 4 is 5.97 Å². The van der Waals surface area contributed by atoms with Gasteiger partial charge in [0, 0.05) is 6.54 Å². The number of fused-ring (bicyclic) bond motifs is 1. The van der Waals surface area contributed by atoms with Crippen LogP contribution in [0.15, 0.2) is 35.4 Å². The van der Waals surface area contributed by atoms with E-state index in [2.05, 4.69) is 10.2 Å². The minimum atomic E-state index is -2.88. The second-order valence-corrected chi connectivity index (χ2v) is 3.53. The molecule has 0 aromatic heterocycles. The van der Waals surface area contributed by atoms with E-state index in [1.807, 2.05) is 0 Å². The van der Waals surface area contributed by atoms with Gasteiger partial charge < -0.3 is 9.47 Å². The van der Waals surface area contributed by atoms with Crippen molar-refractivity contribution in [3.8, 4) is 0 Å². The number of halogens is 2. The molecule has 0 aromatic rings. The molecule has 0 unspecified atom stereocenters. The first kappa shape index (κ1) is 12.6. The Hall–Kier alpha value is -1.89. The molecule has 7 heteroatoms. The van der Waals surface area contributed by atoms with Crippen molar-refractivity contribution < 1.29 is 23.0 Å². The van der Waals surface area contributed by atoms with E-state index in [4.69, 9.17) is 4.74 Å². The normalized spacial score (nSPS) is 18.0. The van der Waals surface area contributed by atoms with Crippen LogP contribution < -0.4 is 5.43 Å². The summed E-state index contributed by atoms with van der Waals surface area (Å²) in [6, 6.07) is 0. The SMILES string of the molecule is CCOC(=O)C1=C2C=CC(OC(F)F)=CN2NC1. The van der Waals surface area contributed by atoms with E-state index < -0.39 is 12.6 Å². The lowest BCUT2D eigenvalue weighted by Crippen LogP contribution is -2.28. The Balaban J connectivity index is 2.14. The minimum absolute atomic E-state index is 0.0198. The zero-order valence-corrected chi connectivity index (χ0v) is 9.65. The number of ether oxygens (including phenoxy) is 2. The number of rotatable bonds is 4. The summed E-state index contributed by atoms with van der Waals surface area (Å²) >= 11 is 0. The molecule has 0 saturated heterocycles. The second kappa shape index (κ2) is 5.18. The molecule has 0 atom stereocenters. The molecule has 0 saturated carbocycles. The zero-order chi connectivity index (χ0) is 13.1. The Morgan fingerprint density at radius 1 is 1.56 bits per heavy atom. The third kappa shape index (κ3) is 2.51. The molecular weight excluding hydrogens is 246 g/mol. The maximum atomic E-state index is 12.0. The predicted octanol–water partition coefficient (Wildman–Crippen LogP) is 1.27. The Morgan fingerprint density at radius 3 is 3.00 bits per heavy atom. The average Bonchev–Trinajstić information content (AvgIpc) is 2.71. The number of hydrogen-bond acceptors (Lipinski definition) is 5. The maximum Gasteiger partial charge on any atom is 0.387 e. The standard InChI is InChI=1S/C11H12F2N2O3/c1-2-17-10(16)8-5-14-15-6-7(18-11(12)13)3-4-9(8)15/h3-4,6,11,14H,2,5H2,1H3. The van der Waals surface area contributed by atoms with E-state index in [1.54, 1.807) is 6.92 Å². The monoisotopic (exact) mass is 258 g/mol. The van der Waals surface area contributed by atoms with Crippen molar-refractivity contribution in [2.24, 2.45) is 0 Å². The molecule has 18 heavy (non-hydrogen) atoms. The zero-order valence-electron chi connectivity index (χ0n) is 9.65. The van der Waals surface area contributed by atoms with Gasteiger partial charge in [0.2, 0.25) is 0 Å². The molecule has 0 aliphatic carbocycles. The highest BCUT2D eigenvalue weighted by atomic mass is 19.3. The van der Waals surface area contributed by atoms with E-state index >= 15 is 0 Å². The summed E-state index contributed by atoms with van der Waals surface area (Å²) in [5.74, 6) is -0.398. The van der Waals surface area contributed by atoms with Crippen LogP contribution in [0.4, 0.5) is 8.78 Å². The van der Waals surface area contributed by atoms with Gasteiger partial charge in [0.1, 0.15) is 5.76 Å². The summed E-state index contributed by atoms with van der Waals surface area (Å²) < 4.78 is 33.3. The van der Waals surface area contributed by atoms with Gasteiger partial charge in [0.05, 0.1) is 24.1 Å². The van der Waals surface area contributed by atoms with E-state index in [0.29, 0.717) is 11.3 Å². The highest BCUT2D eigenvalue weighted by molar-refractivity contribution is 5.91. The first-order chi connectivity index (χ1) is 8.61. The fourth-order valence-electron chi connectivity index (χ4n) is 1.68. The van der Waals surface area contributed by atoms with Gasteiger partial charge in [0.25, 0.3) is 0 Å². The lowest BCUT2D eigenvalue weighted by molar-refractivity contribution is -0.138. The number of alkyl halides is 2. The maximum absolute atomic E-state index is 12.0. The number of allylic oxidation sites excluding steroid dienone is 2. The smallest absolute Gasteiger partial charge is 0.387 e. The third-order valence-corrected chi connectivity index (χ3v) is 2.40. The molecule has 1 N–H and O–H groups in total. The largest absolute Gasteiger partial charge is 0.463 e. The molecule has 0 spiro atoms. The Morgan fingerprint density at radius 2 is 2.33 bits per heavy atom. The minimum Gasteiger partial charge on any atom is -0.463 e. The van der Waals surface area contributed by atoms with Crippen molar-refractivity contribution in [2.45, 2.75) is 13.5 Å². The predicted molar refractivity (Wildman–Crippen MR) is 57.8 cm³/mol. The van der Waals surface area contributed by atoms with Crippen molar-refractivity contribution in [1.29, 1.82) is 0 Å². The van der Waals surface area contributed by atoms with Crippen LogP contribution in [0, 0.1) is 0 Å². The van der Waals surface area contributed by atoms with Crippen molar-refractivity contribution in [3.63, 3.8) is 0 Å². The van der Waals surface area contributed by atoms with Crippen LogP contribution in [-0.2, 0) is 14.3 Å². The number of hydrazine groups is 1. The molecule has 2 rings (SSSR count). The van der Waals surface area contributed by atoms with Crippen LogP contribution >= 0.6 is 0 Å². The Kier molecular flexibility index (Phi) is 3.61. The molecule has 0 amide bonds. The number of carbonyl (C=O) groups is 1. The first-order valence-corrected chi connectivity index (χ1v) is 5.39. The summed E-state index contributed by atoms with van der Waals surface area (Å²) in [4.78, 5) is 11.6. The summed E-state index contributed by atoms with van der Waals surface area (Å²) in [6.45, 7) is -0.584. The number of hydrogen-bond donors (Lipinski definition) is 1. The lowest BCUT2D eigenvalue weighted by atomic mass is 10.2. The molecular formula is C11H12F2N2O3. The topological polar surface area (TPSA) is 50.8 Å². The summed E-state index contributed by atoms with van der Waals surface area (Å²) in [5, 5.41) is 1.46. The highest BCUT2D eigenvalue weighted by Gasteiger charge is 2.27. The third-order valence-electron chi connectivity index (χ3n) is 2.40. The number of carbonyl (C=O) groups excluding carboxylic acids is 1. The molecule has 98 valence electrons. The first-order valence-electron chi connectivity index (χ1n) is 5.39.